The summed E-state index contributed by atoms with van der Waals surface area (Å²) in [5.41, 5.74) is -0.300. The fourth-order valence-corrected chi connectivity index (χ4v) is 2.50. The molecule has 1 N–H and O–H groups in total. The molecule has 1 aromatic carbocycles. The highest BCUT2D eigenvalue weighted by Gasteiger charge is 2.41. The van der Waals surface area contributed by atoms with Crippen LogP contribution in [0.3, 0.4) is 0 Å². The van der Waals surface area contributed by atoms with Crippen LogP contribution in [-0.4, -0.2) is 24.3 Å². The topological polar surface area (TPSA) is 46.5 Å². The number of hydrogen-bond donors (Lipinski definition) is 1. The molecule has 0 saturated carbocycles. The first-order chi connectivity index (χ1) is 8.53. The standard InChI is InChI=1S/C13H14ClFO3/c14-11-6-10(15)3-2-9(11)7-13(12(16)17)4-1-5-18-8-13/h2-3,6H,1,4-5,7-8H2,(H,16,17). The van der Waals surface area contributed by atoms with Gasteiger partial charge in [0, 0.05) is 11.6 Å². The Labute approximate surface area is 110 Å². The average Bonchev–Trinajstić information content (AvgIpc) is 2.34. The molecule has 0 spiro atoms. The van der Waals surface area contributed by atoms with Gasteiger partial charge in [-0.15, -0.1) is 0 Å². The maximum atomic E-state index is 13.0. The molecular formula is C13H14ClFO3. The van der Waals surface area contributed by atoms with Crippen molar-refractivity contribution < 1.29 is 19.0 Å². The van der Waals surface area contributed by atoms with E-state index in [1.54, 1.807) is 0 Å². The molecule has 1 fully saturated rings. The van der Waals surface area contributed by atoms with Crippen molar-refractivity contribution in [3.8, 4) is 0 Å². The molecule has 3 nitrogen and oxygen atoms in total. The number of carboxylic acid groups (broad SMARTS) is 1. The number of benzene rings is 1. The minimum absolute atomic E-state index is 0.177. The molecule has 1 heterocycles. The lowest BCUT2D eigenvalue weighted by molar-refractivity contribution is -0.157. The molecule has 1 saturated heterocycles. The SMILES string of the molecule is O=C(O)C1(Cc2ccc(F)cc2Cl)CCCOC1. The highest BCUT2D eigenvalue weighted by molar-refractivity contribution is 6.31. The van der Waals surface area contributed by atoms with Crippen LogP contribution in [0.4, 0.5) is 4.39 Å². The van der Waals surface area contributed by atoms with E-state index in [-0.39, 0.29) is 18.1 Å². The number of carboxylic acids is 1. The van der Waals surface area contributed by atoms with Crippen molar-refractivity contribution in [3.63, 3.8) is 0 Å². The van der Waals surface area contributed by atoms with E-state index in [1.807, 2.05) is 0 Å². The predicted molar refractivity (Wildman–Crippen MR) is 65.2 cm³/mol. The lowest BCUT2D eigenvalue weighted by Crippen LogP contribution is -2.41. The summed E-state index contributed by atoms with van der Waals surface area (Å²) in [6, 6.07) is 4.04. The third kappa shape index (κ3) is 2.65. The highest BCUT2D eigenvalue weighted by Crippen LogP contribution is 2.35. The fraction of sp³-hybridized carbons (Fsp3) is 0.462. The lowest BCUT2D eigenvalue weighted by Gasteiger charge is -2.33. The molecule has 98 valence electrons. The number of halogens is 2. The zero-order valence-corrected chi connectivity index (χ0v) is 10.5. The maximum absolute atomic E-state index is 13.0. The van der Waals surface area contributed by atoms with Crippen molar-refractivity contribution in [2.24, 2.45) is 5.41 Å². The largest absolute Gasteiger partial charge is 0.481 e. The first-order valence-electron chi connectivity index (χ1n) is 5.79. The van der Waals surface area contributed by atoms with E-state index in [1.165, 1.54) is 18.2 Å². The van der Waals surface area contributed by atoms with Crippen LogP contribution in [0.2, 0.25) is 5.02 Å². The fourth-order valence-electron chi connectivity index (χ4n) is 2.27. The van der Waals surface area contributed by atoms with Crippen molar-refractivity contribution in [3.05, 3.63) is 34.6 Å². The Kier molecular flexibility index (Phi) is 3.88. The minimum atomic E-state index is -0.945. The highest BCUT2D eigenvalue weighted by atomic mass is 35.5. The van der Waals surface area contributed by atoms with Crippen molar-refractivity contribution in [2.45, 2.75) is 19.3 Å². The molecular weight excluding hydrogens is 259 g/mol. The average molecular weight is 273 g/mol. The van der Waals surface area contributed by atoms with Crippen molar-refractivity contribution in [2.75, 3.05) is 13.2 Å². The molecule has 2 rings (SSSR count). The van der Waals surface area contributed by atoms with Gasteiger partial charge in [-0.2, -0.15) is 0 Å². The molecule has 5 heteroatoms. The van der Waals surface area contributed by atoms with Gasteiger partial charge in [-0.3, -0.25) is 4.79 Å². The zero-order valence-electron chi connectivity index (χ0n) is 9.79. The van der Waals surface area contributed by atoms with E-state index in [4.69, 9.17) is 16.3 Å². The van der Waals surface area contributed by atoms with Crippen LogP contribution in [0.15, 0.2) is 18.2 Å². The Balaban J connectivity index is 2.26. The first-order valence-corrected chi connectivity index (χ1v) is 6.16. The summed E-state index contributed by atoms with van der Waals surface area (Å²) in [6.45, 7) is 0.766. The Morgan fingerprint density at radius 2 is 2.33 bits per heavy atom. The Bertz CT molecular complexity index is 456. The summed E-state index contributed by atoms with van der Waals surface area (Å²) in [5, 5.41) is 9.66. The molecule has 1 aromatic rings. The summed E-state index contributed by atoms with van der Waals surface area (Å²) in [6.07, 6.45) is 1.53. The van der Waals surface area contributed by atoms with Crippen LogP contribution in [-0.2, 0) is 16.0 Å². The van der Waals surface area contributed by atoms with E-state index in [9.17, 15) is 14.3 Å². The Morgan fingerprint density at radius 3 is 2.89 bits per heavy atom. The zero-order chi connectivity index (χ0) is 13.2. The second kappa shape index (κ2) is 5.24. The van der Waals surface area contributed by atoms with Crippen molar-refractivity contribution in [1.82, 2.24) is 0 Å². The monoisotopic (exact) mass is 272 g/mol. The number of carbonyl (C=O) groups is 1. The van der Waals surface area contributed by atoms with Gasteiger partial charge in [0.25, 0.3) is 0 Å². The van der Waals surface area contributed by atoms with Crippen molar-refractivity contribution >= 4 is 17.6 Å². The van der Waals surface area contributed by atoms with Gasteiger partial charge in [0.2, 0.25) is 0 Å². The minimum Gasteiger partial charge on any atom is -0.481 e. The summed E-state index contributed by atoms with van der Waals surface area (Å²) in [4.78, 5) is 11.5. The van der Waals surface area contributed by atoms with Crippen LogP contribution >= 0.6 is 11.6 Å². The quantitative estimate of drug-likeness (QED) is 0.920. The van der Waals surface area contributed by atoms with Gasteiger partial charge in [0.1, 0.15) is 5.82 Å². The number of rotatable bonds is 3. The lowest BCUT2D eigenvalue weighted by atomic mass is 9.77. The normalized spacial score (nSPS) is 23.9. The predicted octanol–water partition coefficient (Wildman–Crippen LogP) is 2.90. The molecule has 0 bridgehead atoms. The van der Waals surface area contributed by atoms with Crippen LogP contribution in [0, 0.1) is 11.2 Å². The second-order valence-electron chi connectivity index (χ2n) is 4.65. The molecule has 1 unspecified atom stereocenters. The molecule has 1 aliphatic heterocycles. The first kappa shape index (κ1) is 13.3. The summed E-state index contributed by atoms with van der Waals surface area (Å²) in [5.74, 6) is -1.31. The smallest absolute Gasteiger partial charge is 0.312 e. The summed E-state index contributed by atoms with van der Waals surface area (Å²) < 4.78 is 18.2. The molecule has 0 amide bonds. The summed E-state index contributed by atoms with van der Waals surface area (Å²) >= 11 is 5.94. The van der Waals surface area contributed by atoms with Crippen LogP contribution in [0.1, 0.15) is 18.4 Å². The molecule has 0 aliphatic carbocycles. The maximum Gasteiger partial charge on any atom is 0.312 e. The molecule has 0 radical (unpaired) electrons. The van der Waals surface area contributed by atoms with Crippen LogP contribution < -0.4 is 0 Å². The van der Waals surface area contributed by atoms with Gasteiger partial charge in [-0.05, 0) is 37.0 Å². The van der Waals surface area contributed by atoms with E-state index >= 15 is 0 Å². The molecule has 0 aromatic heterocycles. The van der Waals surface area contributed by atoms with Gasteiger partial charge in [0.15, 0.2) is 0 Å². The molecule has 1 aliphatic rings. The van der Waals surface area contributed by atoms with Gasteiger partial charge in [-0.1, -0.05) is 17.7 Å². The third-order valence-corrected chi connectivity index (χ3v) is 3.67. The number of hydrogen-bond acceptors (Lipinski definition) is 2. The Morgan fingerprint density at radius 1 is 1.56 bits per heavy atom. The van der Waals surface area contributed by atoms with Crippen molar-refractivity contribution in [1.29, 1.82) is 0 Å². The van der Waals surface area contributed by atoms with E-state index < -0.39 is 17.2 Å². The second-order valence-corrected chi connectivity index (χ2v) is 5.06. The third-order valence-electron chi connectivity index (χ3n) is 3.32. The number of aliphatic carboxylic acids is 1. The van der Waals surface area contributed by atoms with Gasteiger partial charge in [-0.25, -0.2) is 4.39 Å². The van der Waals surface area contributed by atoms with Gasteiger partial charge in [0.05, 0.1) is 12.0 Å². The molecule has 18 heavy (non-hydrogen) atoms. The van der Waals surface area contributed by atoms with Gasteiger partial charge >= 0.3 is 5.97 Å². The number of ether oxygens (including phenoxy) is 1. The van der Waals surface area contributed by atoms with E-state index in [0.29, 0.717) is 25.0 Å². The summed E-state index contributed by atoms with van der Waals surface area (Å²) in [7, 11) is 0. The van der Waals surface area contributed by atoms with E-state index in [2.05, 4.69) is 0 Å². The van der Waals surface area contributed by atoms with E-state index in [0.717, 1.165) is 0 Å². The Hall–Kier alpha value is -1.13. The van der Waals surface area contributed by atoms with Crippen LogP contribution in [0.5, 0.6) is 0 Å². The van der Waals surface area contributed by atoms with Crippen LogP contribution in [0.25, 0.3) is 0 Å². The van der Waals surface area contributed by atoms with Gasteiger partial charge < -0.3 is 9.84 Å². The molecule has 1 atom stereocenters.